The first kappa shape index (κ1) is 19.7. The Morgan fingerprint density at radius 3 is 2.58 bits per heavy atom. The van der Waals surface area contributed by atoms with E-state index in [1.807, 2.05) is 37.3 Å². The molecule has 0 fully saturated rings. The van der Waals surface area contributed by atoms with Gasteiger partial charge in [-0.2, -0.15) is 0 Å². The normalized spacial score (nSPS) is 11.8. The molecule has 0 amide bonds. The molecule has 26 heavy (non-hydrogen) atoms. The molecular formula is C18H24N4O3S. The van der Waals surface area contributed by atoms with Crippen LogP contribution >= 0.6 is 0 Å². The Morgan fingerprint density at radius 2 is 1.88 bits per heavy atom. The minimum Gasteiger partial charge on any atom is -0.492 e. The van der Waals surface area contributed by atoms with Gasteiger partial charge in [0.1, 0.15) is 12.4 Å². The second-order valence-corrected chi connectivity index (χ2v) is 7.04. The van der Waals surface area contributed by atoms with Gasteiger partial charge in [-0.05, 0) is 36.8 Å². The number of primary sulfonamides is 1. The standard InChI is InChI=1S/C18H24N4O3S/c1-2-20-18(21-11-12-25-16-8-4-3-5-9-16)22-14-15-7-6-10-17(13-15)26(19,23)24/h3-10,13H,2,11-12,14H2,1H3,(H2,19,23,24)(H2,20,21,22). The molecule has 0 bridgehead atoms. The summed E-state index contributed by atoms with van der Waals surface area (Å²) in [5, 5.41) is 11.5. The second-order valence-electron chi connectivity index (χ2n) is 5.48. The van der Waals surface area contributed by atoms with Crippen LogP contribution in [0.3, 0.4) is 0 Å². The van der Waals surface area contributed by atoms with Crippen molar-refractivity contribution in [1.82, 2.24) is 10.6 Å². The Kier molecular flexibility index (Phi) is 7.43. The first-order chi connectivity index (χ1) is 12.5. The van der Waals surface area contributed by atoms with Gasteiger partial charge in [-0.1, -0.05) is 30.3 Å². The number of hydrogen-bond acceptors (Lipinski definition) is 4. The zero-order valence-corrected chi connectivity index (χ0v) is 15.5. The topological polar surface area (TPSA) is 106 Å². The van der Waals surface area contributed by atoms with Crippen molar-refractivity contribution >= 4 is 16.0 Å². The predicted octanol–water partition coefficient (Wildman–Crippen LogP) is 1.47. The number of nitrogens with zero attached hydrogens (tertiary/aromatic N) is 1. The molecule has 0 aliphatic heterocycles. The second kappa shape index (κ2) is 9.79. The van der Waals surface area contributed by atoms with Crippen molar-refractivity contribution in [2.45, 2.75) is 18.4 Å². The zero-order valence-electron chi connectivity index (χ0n) is 14.7. The Morgan fingerprint density at radius 1 is 1.12 bits per heavy atom. The largest absolute Gasteiger partial charge is 0.492 e. The molecule has 0 heterocycles. The minimum absolute atomic E-state index is 0.0828. The lowest BCUT2D eigenvalue weighted by molar-refractivity contribution is 0.322. The van der Waals surface area contributed by atoms with Crippen LogP contribution in [0.25, 0.3) is 0 Å². The Bertz CT molecular complexity index is 823. The van der Waals surface area contributed by atoms with E-state index in [4.69, 9.17) is 9.88 Å². The van der Waals surface area contributed by atoms with Gasteiger partial charge in [0.15, 0.2) is 5.96 Å². The Hall–Kier alpha value is -2.58. The number of ether oxygens (including phenoxy) is 1. The molecule has 4 N–H and O–H groups in total. The zero-order chi connectivity index (χ0) is 18.8. The predicted molar refractivity (Wildman–Crippen MR) is 103 cm³/mol. The monoisotopic (exact) mass is 376 g/mol. The molecule has 2 aromatic carbocycles. The van der Waals surface area contributed by atoms with Crippen LogP contribution in [0.1, 0.15) is 12.5 Å². The number of benzene rings is 2. The molecule has 140 valence electrons. The summed E-state index contributed by atoms with van der Waals surface area (Å²) in [6.07, 6.45) is 0. The summed E-state index contributed by atoms with van der Waals surface area (Å²) in [6, 6.07) is 16.0. The van der Waals surface area contributed by atoms with Gasteiger partial charge in [0.25, 0.3) is 0 Å². The highest BCUT2D eigenvalue weighted by Crippen LogP contribution is 2.10. The van der Waals surface area contributed by atoms with Crippen molar-refractivity contribution in [2.24, 2.45) is 10.1 Å². The lowest BCUT2D eigenvalue weighted by Crippen LogP contribution is -2.39. The highest BCUT2D eigenvalue weighted by atomic mass is 32.2. The van der Waals surface area contributed by atoms with Crippen LogP contribution in [0, 0.1) is 0 Å². The van der Waals surface area contributed by atoms with Gasteiger partial charge in [-0.25, -0.2) is 18.5 Å². The minimum atomic E-state index is -3.71. The number of para-hydroxylation sites is 1. The van der Waals surface area contributed by atoms with Crippen molar-refractivity contribution in [3.63, 3.8) is 0 Å². The molecule has 0 radical (unpaired) electrons. The van der Waals surface area contributed by atoms with Crippen LogP contribution in [-0.2, 0) is 16.6 Å². The molecule has 0 aliphatic carbocycles. The van der Waals surface area contributed by atoms with Crippen molar-refractivity contribution < 1.29 is 13.2 Å². The fraction of sp³-hybridized carbons (Fsp3) is 0.278. The van der Waals surface area contributed by atoms with Gasteiger partial charge >= 0.3 is 0 Å². The fourth-order valence-electron chi connectivity index (χ4n) is 2.19. The molecule has 0 unspecified atom stereocenters. The number of nitrogens with two attached hydrogens (primary N) is 1. The summed E-state index contributed by atoms with van der Waals surface area (Å²) in [6.45, 7) is 4.09. The molecule has 0 spiro atoms. The van der Waals surface area contributed by atoms with Crippen LogP contribution < -0.4 is 20.5 Å². The molecule has 2 rings (SSSR count). The van der Waals surface area contributed by atoms with Gasteiger partial charge < -0.3 is 15.4 Å². The summed E-state index contributed by atoms with van der Waals surface area (Å²) in [5.74, 6) is 1.45. The van der Waals surface area contributed by atoms with E-state index in [9.17, 15) is 8.42 Å². The molecule has 0 atom stereocenters. The van der Waals surface area contributed by atoms with Gasteiger partial charge in [-0.3, -0.25) is 0 Å². The van der Waals surface area contributed by atoms with E-state index in [2.05, 4.69) is 15.6 Å². The van der Waals surface area contributed by atoms with Gasteiger partial charge in [0.2, 0.25) is 10.0 Å². The quantitative estimate of drug-likeness (QED) is 0.367. The van der Waals surface area contributed by atoms with Gasteiger partial charge in [0.05, 0.1) is 18.0 Å². The van der Waals surface area contributed by atoms with E-state index in [0.29, 0.717) is 32.2 Å². The van der Waals surface area contributed by atoms with Crippen LogP contribution in [0.4, 0.5) is 0 Å². The number of sulfonamides is 1. The number of hydrogen-bond donors (Lipinski definition) is 3. The van der Waals surface area contributed by atoms with Crippen molar-refractivity contribution in [3.8, 4) is 5.75 Å². The molecule has 7 nitrogen and oxygen atoms in total. The van der Waals surface area contributed by atoms with Crippen LogP contribution in [0.5, 0.6) is 5.75 Å². The number of rotatable bonds is 8. The average Bonchev–Trinajstić information content (AvgIpc) is 2.63. The van der Waals surface area contributed by atoms with E-state index in [1.165, 1.54) is 12.1 Å². The third-order valence-corrected chi connectivity index (χ3v) is 4.31. The van der Waals surface area contributed by atoms with Gasteiger partial charge in [0, 0.05) is 6.54 Å². The maximum absolute atomic E-state index is 11.4. The average molecular weight is 376 g/mol. The number of nitrogens with one attached hydrogen (secondary N) is 2. The van der Waals surface area contributed by atoms with Crippen molar-refractivity contribution in [2.75, 3.05) is 19.7 Å². The molecule has 0 aromatic heterocycles. The van der Waals surface area contributed by atoms with Crippen LogP contribution in [0.15, 0.2) is 64.5 Å². The van der Waals surface area contributed by atoms with Crippen molar-refractivity contribution in [3.05, 3.63) is 60.2 Å². The van der Waals surface area contributed by atoms with Crippen LogP contribution in [-0.4, -0.2) is 34.1 Å². The summed E-state index contributed by atoms with van der Waals surface area (Å²) in [7, 11) is -3.71. The summed E-state index contributed by atoms with van der Waals surface area (Å²) < 4.78 is 28.5. The smallest absolute Gasteiger partial charge is 0.238 e. The van der Waals surface area contributed by atoms with E-state index in [0.717, 1.165) is 11.3 Å². The molecular weight excluding hydrogens is 352 g/mol. The Balaban J connectivity index is 1.90. The fourth-order valence-corrected chi connectivity index (χ4v) is 2.77. The van der Waals surface area contributed by atoms with E-state index in [-0.39, 0.29) is 4.90 Å². The molecule has 0 aliphatic rings. The van der Waals surface area contributed by atoms with Gasteiger partial charge in [-0.15, -0.1) is 0 Å². The number of aliphatic imine (C=N–C) groups is 1. The van der Waals surface area contributed by atoms with E-state index in [1.54, 1.807) is 12.1 Å². The first-order valence-corrected chi connectivity index (χ1v) is 9.85. The summed E-state index contributed by atoms with van der Waals surface area (Å²) in [5.41, 5.74) is 0.759. The Labute approximate surface area is 154 Å². The molecule has 0 saturated carbocycles. The van der Waals surface area contributed by atoms with E-state index >= 15 is 0 Å². The third-order valence-electron chi connectivity index (χ3n) is 3.40. The molecule has 8 heteroatoms. The third kappa shape index (κ3) is 6.73. The highest BCUT2D eigenvalue weighted by molar-refractivity contribution is 7.89. The number of guanidine groups is 1. The molecule has 2 aromatic rings. The summed E-state index contributed by atoms with van der Waals surface area (Å²) in [4.78, 5) is 4.54. The first-order valence-electron chi connectivity index (χ1n) is 8.31. The lowest BCUT2D eigenvalue weighted by atomic mass is 10.2. The van der Waals surface area contributed by atoms with E-state index < -0.39 is 10.0 Å². The van der Waals surface area contributed by atoms with Crippen LogP contribution in [0.2, 0.25) is 0 Å². The lowest BCUT2D eigenvalue weighted by Gasteiger charge is -2.12. The highest BCUT2D eigenvalue weighted by Gasteiger charge is 2.07. The van der Waals surface area contributed by atoms with Crippen molar-refractivity contribution in [1.29, 1.82) is 0 Å². The molecule has 0 saturated heterocycles. The summed E-state index contributed by atoms with van der Waals surface area (Å²) >= 11 is 0. The maximum Gasteiger partial charge on any atom is 0.238 e. The SMILES string of the molecule is CCNC(=NCc1cccc(S(N)(=O)=O)c1)NCCOc1ccccc1. The maximum atomic E-state index is 11.4.